The molecule has 3 rings (SSSR count). The van der Waals surface area contributed by atoms with Gasteiger partial charge >= 0.3 is 135 Å². The zero-order valence-corrected chi connectivity index (χ0v) is 14.5. The summed E-state index contributed by atoms with van der Waals surface area (Å²) in [5.74, 6) is 2.23. The van der Waals surface area contributed by atoms with Crippen LogP contribution >= 0.6 is 12.4 Å². The Hall–Kier alpha value is -2.07. The second kappa shape index (κ2) is 9.16. The normalized spacial score (nSPS) is 9.78. The Balaban J connectivity index is 0.00000192. The first-order valence-corrected chi connectivity index (χ1v) is 8.60. The summed E-state index contributed by atoms with van der Waals surface area (Å²) in [6, 6.07) is 28.7. The Morgan fingerprint density at radius 3 is 0.957 bits per heavy atom. The molecule has 0 aliphatic heterocycles. The van der Waals surface area contributed by atoms with Crippen molar-refractivity contribution >= 4 is 12.4 Å². The van der Waals surface area contributed by atoms with E-state index in [-0.39, 0.29) is 12.4 Å². The fourth-order valence-electron chi connectivity index (χ4n) is 1.76. The van der Waals surface area contributed by atoms with Crippen molar-refractivity contribution in [3.05, 3.63) is 91.0 Å². The molecule has 3 aromatic carbocycles. The van der Waals surface area contributed by atoms with Gasteiger partial charge in [-0.25, -0.2) is 0 Å². The van der Waals surface area contributed by atoms with Crippen molar-refractivity contribution in [1.29, 1.82) is 0 Å². The van der Waals surface area contributed by atoms with Crippen LogP contribution in [0.15, 0.2) is 91.0 Å². The second-order valence-corrected chi connectivity index (χ2v) is 5.99. The van der Waals surface area contributed by atoms with Gasteiger partial charge in [0.15, 0.2) is 0 Å². The average molecular weight is 367 g/mol. The fraction of sp³-hybridized carbons (Fsp3) is 0. The first-order chi connectivity index (χ1) is 10.9. The monoisotopic (exact) mass is 366 g/mol. The summed E-state index contributed by atoms with van der Waals surface area (Å²) in [5.41, 5.74) is 0. The van der Waals surface area contributed by atoms with Crippen molar-refractivity contribution in [3.8, 4) is 17.2 Å². The van der Waals surface area contributed by atoms with Gasteiger partial charge in [0.05, 0.1) is 0 Å². The van der Waals surface area contributed by atoms with Gasteiger partial charge in [0.25, 0.3) is 0 Å². The maximum atomic E-state index is 5.92. The molecule has 0 spiro atoms. The minimum absolute atomic E-state index is 0. The quantitative estimate of drug-likeness (QED) is 0.614. The Kier molecular flexibility index (Phi) is 6.89. The van der Waals surface area contributed by atoms with Crippen LogP contribution in [0.1, 0.15) is 0 Å². The van der Waals surface area contributed by atoms with E-state index in [4.69, 9.17) is 11.0 Å². The topological polar surface area (TPSA) is 27.7 Å². The predicted octanol–water partition coefficient (Wildman–Crippen LogP) is 5.01. The third-order valence-electron chi connectivity index (χ3n) is 2.77. The van der Waals surface area contributed by atoms with Crippen LogP contribution in [0.25, 0.3) is 0 Å². The number of rotatable bonds is 6. The summed E-state index contributed by atoms with van der Waals surface area (Å²) in [5, 5.41) is 0. The minimum atomic E-state index is -2.49. The van der Waals surface area contributed by atoms with Crippen molar-refractivity contribution in [1.82, 2.24) is 0 Å². The molecular formula is C18H16ClO3V. The fourth-order valence-corrected chi connectivity index (χ4v) is 3.31. The SMILES string of the molecule is Cl.c1ccc([O][V]([O]c2ccccc2)[O]c2ccccc2)cc1. The number of para-hydroxylation sites is 3. The van der Waals surface area contributed by atoms with E-state index in [9.17, 15) is 0 Å². The molecule has 0 heterocycles. The Labute approximate surface area is 147 Å². The van der Waals surface area contributed by atoms with E-state index in [1.807, 2.05) is 91.0 Å². The van der Waals surface area contributed by atoms with Gasteiger partial charge in [-0.05, 0) is 0 Å². The molecule has 23 heavy (non-hydrogen) atoms. The summed E-state index contributed by atoms with van der Waals surface area (Å²) in [7, 11) is 0. The van der Waals surface area contributed by atoms with Gasteiger partial charge in [0.2, 0.25) is 0 Å². The molecule has 0 atom stereocenters. The molecule has 0 aromatic heterocycles. The van der Waals surface area contributed by atoms with E-state index in [2.05, 4.69) is 0 Å². The molecule has 0 saturated heterocycles. The molecule has 0 radical (unpaired) electrons. The summed E-state index contributed by atoms with van der Waals surface area (Å²) < 4.78 is 17.8. The summed E-state index contributed by atoms with van der Waals surface area (Å²) >= 11 is -2.49. The molecule has 3 nitrogen and oxygen atoms in total. The Morgan fingerprint density at radius 1 is 0.435 bits per heavy atom. The molecule has 0 fully saturated rings. The van der Waals surface area contributed by atoms with Crippen LogP contribution in [0, 0.1) is 0 Å². The molecule has 0 saturated carbocycles. The van der Waals surface area contributed by atoms with E-state index >= 15 is 0 Å². The van der Waals surface area contributed by atoms with Gasteiger partial charge in [-0.1, -0.05) is 0 Å². The number of hydrogen-bond acceptors (Lipinski definition) is 3. The van der Waals surface area contributed by atoms with Crippen LogP contribution < -0.4 is 11.0 Å². The van der Waals surface area contributed by atoms with Gasteiger partial charge in [-0.3, -0.25) is 0 Å². The van der Waals surface area contributed by atoms with Crippen LogP contribution in [0.5, 0.6) is 17.2 Å². The molecule has 0 aliphatic rings. The van der Waals surface area contributed by atoms with Gasteiger partial charge < -0.3 is 0 Å². The standard InChI is InChI=1S/3C6H6O.ClH.V/c3*7-6-4-2-1-3-5-6;;/h3*1-5,7H;1H;/q;;;;+3/p-3. The summed E-state index contributed by atoms with van der Waals surface area (Å²) in [6.07, 6.45) is 0. The molecular weight excluding hydrogens is 351 g/mol. The van der Waals surface area contributed by atoms with Crippen LogP contribution in [-0.4, -0.2) is 0 Å². The van der Waals surface area contributed by atoms with E-state index in [1.54, 1.807) is 0 Å². The van der Waals surface area contributed by atoms with Crippen molar-refractivity contribution in [2.45, 2.75) is 0 Å². The number of hydrogen-bond donors (Lipinski definition) is 0. The van der Waals surface area contributed by atoms with E-state index in [0.717, 1.165) is 17.2 Å². The zero-order valence-electron chi connectivity index (χ0n) is 12.2. The van der Waals surface area contributed by atoms with Gasteiger partial charge in [0.1, 0.15) is 0 Å². The van der Waals surface area contributed by atoms with Crippen LogP contribution in [0.3, 0.4) is 0 Å². The van der Waals surface area contributed by atoms with E-state index < -0.39 is 16.2 Å². The molecule has 0 unspecified atom stereocenters. The van der Waals surface area contributed by atoms with Crippen molar-refractivity contribution in [3.63, 3.8) is 0 Å². The summed E-state index contributed by atoms with van der Waals surface area (Å²) in [6.45, 7) is 0. The van der Waals surface area contributed by atoms with Gasteiger partial charge in [-0.15, -0.1) is 12.4 Å². The molecule has 5 heteroatoms. The third kappa shape index (κ3) is 5.57. The molecule has 3 aromatic rings. The van der Waals surface area contributed by atoms with Gasteiger partial charge in [0, 0.05) is 0 Å². The van der Waals surface area contributed by atoms with Crippen LogP contribution in [0.2, 0.25) is 0 Å². The predicted molar refractivity (Wildman–Crippen MR) is 88.5 cm³/mol. The van der Waals surface area contributed by atoms with Crippen molar-refractivity contribution in [2.75, 3.05) is 0 Å². The van der Waals surface area contributed by atoms with E-state index in [1.165, 1.54) is 0 Å². The summed E-state index contributed by atoms with van der Waals surface area (Å²) in [4.78, 5) is 0. The molecule has 0 N–H and O–H groups in total. The molecule has 0 amide bonds. The Morgan fingerprint density at radius 2 is 0.696 bits per heavy atom. The average Bonchev–Trinajstić information content (AvgIpc) is 2.57. The van der Waals surface area contributed by atoms with Gasteiger partial charge in [-0.2, -0.15) is 0 Å². The van der Waals surface area contributed by atoms with Crippen molar-refractivity contribution < 1.29 is 27.2 Å². The third-order valence-corrected chi connectivity index (χ3v) is 4.46. The van der Waals surface area contributed by atoms with Crippen LogP contribution in [0.4, 0.5) is 0 Å². The first-order valence-electron chi connectivity index (χ1n) is 6.89. The maximum absolute atomic E-state index is 5.92. The molecule has 0 bridgehead atoms. The zero-order chi connectivity index (χ0) is 15.0. The second-order valence-electron chi connectivity index (χ2n) is 4.44. The van der Waals surface area contributed by atoms with Crippen molar-refractivity contribution in [2.24, 2.45) is 0 Å². The number of halogens is 1. The van der Waals surface area contributed by atoms with E-state index in [0.29, 0.717) is 0 Å². The number of benzene rings is 3. The molecule has 0 aliphatic carbocycles. The Bertz CT molecular complexity index is 582. The van der Waals surface area contributed by atoms with Crippen LogP contribution in [-0.2, 0) is 16.2 Å². The molecule has 118 valence electrons. The first kappa shape index (κ1) is 17.3.